The van der Waals surface area contributed by atoms with Gasteiger partial charge in [0.1, 0.15) is 5.82 Å². The van der Waals surface area contributed by atoms with E-state index in [9.17, 15) is 18.8 Å². The molecule has 0 atom stereocenters. The number of hydrogen-bond donors (Lipinski definition) is 3. The van der Waals surface area contributed by atoms with Crippen molar-refractivity contribution in [3.8, 4) is 5.69 Å². The van der Waals surface area contributed by atoms with Crippen LogP contribution in [0.3, 0.4) is 0 Å². The Bertz CT molecular complexity index is 1120. The van der Waals surface area contributed by atoms with E-state index < -0.39 is 11.8 Å². The summed E-state index contributed by atoms with van der Waals surface area (Å²) in [5, 5.41) is 2.50. The first-order chi connectivity index (χ1) is 14.8. The van der Waals surface area contributed by atoms with Crippen molar-refractivity contribution in [2.24, 2.45) is 0 Å². The van der Waals surface area contributed by atoms with Crippen molar-refractivity contribution in [3.63, 3.8) is 0 Å². The molecule has 0 radical (unpaired) electrons. The number of carbonyl (C=O) groups excluding carboxylic acids is 3. The molecule has 3 N–H and O–H groups in total. The SMILES string of the molecule is Cc1ccc(C(=O)NCC(=O)NNC(=O)c2cc(C)n(-c3ccc(F)cc3)c2C)cc1. The van der Waals surface area contributed by atoms with Crippen molar-refractivity contribution >= 4 is 17.7 Å². The largest absolute Gasteiger partial charge is 0.343 e. The highest BCUT2D eigenvalue weighted by Gasteiger charge is 2.17. The van der Waals surface area contributed by atoms with Crippen LogP contribution in [0.15, 0.2) is 54.6 Å². The van der Waals surface area contributed by atoms with Gasteiger partial charge >= 0.3 is 0 Å². The van der Waals surface area contributed by atoms with Crippen LogP contribution < -0.4 is 16.2 Å². The minimum atomic E-state index is -0.568. The summed E-state index contributed by atoms with van der Waals surface area (Å²) in [6.45, 7) is 5.21. The van der Waals surface area contributed by atoms with Gasteiger partial charge in [-0.05, 0) is 63.2 Å². The van der Waals surface area contributed by atoms with Crippen molar-refractivity contribution in [2.45, 2.75) is 20.8 Å². The van der Waals surface area contributed by atoms with E-state index in [-0.39, 0.29) is 18.3 Å². The summed E-state index contributed by atoms with van der Waals surface area (Å²) in [7, 11) is 0. The van der Waals surface area contributed by atoms with Crippen LogP contribution in [0.25, 0.3) is 5.69 Å². The van der Waals surface area contributed by atoms with Crippen molar-refractivity contribution in [1.29, 1.82) is 0 Å². The van der Waals surface area contributed by atoms with Gasteiger partial charge in [0.25, 0.3) is 17.7 Å². The zero-order valence-electron chi connectivity index (χ0n) is 17.5. The third-order valence-electron chi connectivity index (χ3n) is 4.80. The quantitative estimate of drug-likeness (QED) is 0.552. The number of hydrogen-bond acceptors (Lipinski definition) is 3. The molecule has 2 aromatic carbocycles. The summed E-state index contributed by atoms with van der Waals surface area (Å²) < 4.78 is 15.0. The highest BCUT2D eigenvalue weighted by molar-refractivity contribution is 5.98. The fourth-order valence-electron chi connectivity index (χ4n) is 3.19. The van der Waals surface area contributed by atoms with E-state index in [2.05, 4.69) is 16.2 Å². The van der Waals surface area contributed by atoms with Crippen LogP contribution >= 0.6 is 0 Å². The molecule has 0 bridgehead atoms. The minimum Gasteiger partial charge on any atom is -0.343 e. The maximum absolute atomic E-state index is 13.2. The Morgan fingerprint density at radius 2 is 1.52 bits per heavy atom. The van der Waals surface area contributed by atoms with Gasteiger partial charge in [-0.1, -0.05) is 17.7 Å². The second-order valence-corrected chi connectivity index (χ2v) is 7.15. The Balaban J connectivity index is 1.57. The standard InChI is InChI=1S/C23H23FN4O3/c1-14-4-6-17(7-5-14)22(30)25-13-21(29)26-27-23(31)20-12-15(2)28(16(20)3)19-10-8-18(24)9-11-19/h4-12H,13H2,1-3H3,(H,25,30)(H,26,29)(H,27,31). The first-order valence-corrected chi connectivity index (χ1v) is 9.65. The van der Waals surface area contributed by atoms with Gasteiger partial charge in [0.15, 0.2) is 0 Å². The second-order valence-electron chi connectivity index (χ2n) is 7.15. The van der Waals surface area contributed by atoms with Crippen LogP contribution in [0.5, 0.6) is 0 Å². The van der Waals surface area contributed by atoms with E-state index in [1.807, 2.05) is 18.4 Å². The molecule has 3 aromatic rings. The van der Waals surface area contributed by atoms with Crippen LogP contribution in [0.1, 0.15) is 37.7 Å². The Morgan fingerprint density at radius 1 is 0.871 bits per heavy atom. The lowest BCUT2D eigenvalue weighted by Crippen LogP contribution is -2.46. The van der Waals surface area contributed by atoms with Gasteiger partial charge < -0.3 is 9.88 Å². The zero-order chi connectivity index (χ0) is 22.5. The monoisotopic (exact) mass is 422 g/mol. The van der Waals surface area contributed by atoms with Crippen LogP contribution in [0, 0.1) is 26.6 Å². The number of amides is 3. The smallest absolute Gasteiger partial charge is 0.271 e. The summed E-state index contributed by atoms with van der Waals surface area (Å²) in [5.41, 5.74) is 8.61. The zero-order valence-corrected chi connectivity index (χ0v) is 17.5. The molecule has 1 heterocycles. The van der Waals surface area contributed by atoms with E-state index in [4.69, 9.17) is 0 Å². The first-order valence-electron chi connectivity index (χ1n) is 9.65. The molecule has 8 heteroatoms. The highest BCUT2D eigenvalue weighted by Crippen LogP contribution is 2.21. The molecule has 0 aliphatic carbocycles. The predicted molar refractivity (Wildman–Crippen MR) is 114 cm³/mol. The lowest BCUT2D eigenvalue weighted by atomic mass is 10.1. The van der Waals surface area contributed by atoms with Gasteiger partial charge in [-0.2, -0.15) is 0 Å². The topological polar surface area (TPSA) is 92.2 Å². The van der Waals surface area contributed by atoms with Gasteiger partial charge in [-0.15, -0.1) is 0 Å². The molecule has 0 saturated heterocycles. The number of halogens is 1. The number of carbonyl (C=O) groups is 3. The lowest BCUT2D eigenvalue weighted by Gasteiger charge is -2.11. The molecule has 160 valence electrons. The van der Waals surface area contributed by atoms with E-state index in [0.717, 1.165) is 16.9 Å². The Hall–Kier alpha value is -3.94. The third kappa shape index (κ3) is 5.16. The van der Waals surface area contributed by atoms with E-state index in [0.29, 0.717) is 16.8 Å². The Morgan fingerprint density at radius 3 is 2.16 bits per heavy atom. The molecular formula is C23H23FN4O3. The third-order valence-corrected chi connectivity index (χ3v) is 4.80. The summed E-state index contributed by atoms with van der Waals surface area (Å²) in [6, 6.07) is 14.6. The fraction of sp³-hybridized carbons (Fsp3) is 0.174. The lowest BCUT2D eigenvalue weighted by molar-refractivity contribution is -0.120. The maximum Gasteiger partial charge on any atom is 0.271 e. The molecule has 0 aliphatic heterocycles. The molecule has 1 aromatic heterocycles. The molecule has 0 spiro atoms. The fourth-order valence-corrected chi connectivity index (χ4v) is 3.19. The Kier molecular flexibility index (Phi) is 6.49. The molecule has 3 rings (SSSR count). The highest BCUT2D eigenvalue weighted by atomic mass is 19.1. The van der Waals surface area contributed by atoms with Gasteiger partial charge in [-0.25, -0.2) is 4.39 Å². The Labute approximate surface area is 179 Å². The van der Waals surface area contributed by atoms with E-state index in [1.54, 1.807) is 49.4 Å². The summed E-state index contributed by atoms with van der Waals surface area (Å²) in [6.07, 6.45) is 0. The number of aryl methyl sites for hydroxylation is 2. The van der Waals surface area contributed by atoms with Crippen LogP contribution in [0.2, 0.25) is 0 Å². The molecule has 31 heavy (non-hydrogen) atoms. The molecular weight excluding hydrogens is 399 g/mol. The van der Waals surface area contributed by atoms with Gasteiger partial charge in [0, 0.05) is 22.6 Å². The number of hydrazine groups is 1. The average Bonchev–Trinajstić information content (AvgIpc) is 3.05. The maximum atomic E-state index is 13.2. The number of aromatic nitrogens is 1. The van der Waals surface area contributed by atoms with Crippen molar-refractivity contribution in [1.82, 2.24) is 20.7 Å². The predicted octanol–water partition coefficient (Wildman–Crippen LogP) is 2.73. The van der Waals surface area contributed by atoms with Crippen molar-refractivity contribution in [3.05, 3.63) is 88.5 Å². The van der Waals surface area contributed by atoms with Crippen LogP contribution in [-0.4, -0.2) is 28.8 Å². The van der Waals surface area contributed by atoms with E-state index >= 15 is 0 Å². The molecule has 7 nitrogen and oxygen atoms in total. The number of rotatable bonds is 5. The molecule has 0 aliphatic rings. The van der Waals surface area contributed by atoms with Gasteiger partial charge in [-0.3, -0.25) is 25.2 Å². The van der Waals surface area contributed by atoms with Crippen molar-refractivity contribution in [2.75, 3.05) is 6.54 Å². The van der Waals surface area contributed by atoms with Gasteiger partial charge in [0.2, 0.25) is 0 Å². The van der Waals surface area contributed by atoms with Crippen molar-refractivity contribution < 1.29 is 18.8 Å². The number of benzene rings is 2. The summed E-state index contributed by atoms with van der Waals surface area (Å²) in [4.78, 5) is 36.6. The molecule has 3 amide bonds. The second kappa shape index (κ2) is 9.25. The summed E-state index contributed by atoms with van der Waals surface area (Å²) in [5.74, 6) is -1.80. The average molecular weight is 422 g/mol. The number of nitrogens with zero attached hydrogens (tertiary/aromatic N) is 1. The molecule has 0 unspecified atom stereocenters. The van der Waals surface area contributed by atoms with Gasteiger partial charge in [0.05, 0.1) is 12.1 Å². The molecule has 0 fully saturated rings. The van der Waals surface area contributed by atoms with Crippen LogP contribution in [0.4, 0.5) is 4.39 Å². The molecule has 0 saturated carbocycles. The van der Waals surface area contributed by atoms with E-state index in [1.165, 1.54) is 12.1 Å². The number of nitrogens with one attached hydrogen (secondary N) is 3. The van der Waals surface area contributed by atoms with Crippen LogP contribution in [-0.2, 0) is 4.79 Å². The first kappa shape index (κ1) is 21.8. The summed E-state index contributed by atoms with van der Waals surface area (Å²) >= 11 is 0. The normalized spacial score (nSPS) is 10.5. The minimum absolute atomic E-state index is 0.290.